The molecule has 3 nitrogen and oxygen atoms in total. The number of hydrogen-bond acceptors (Lipinski definition) is 3. The summed E-state index contributed by atoms with van der Waals surface area (Å²) in [6.45, 7) is 4.30. The molecule has 1 aliphatic carbocycles. The number of fused-ring (bicyclic) bond motifs is 1. The highest BCUT2D eigenvalue weighted by molar-refractivity contribution is 5.93. The van der Waals surface area contributed by atoms with Crippen molar-refractivity contribution in [2.75, 3.05) is 11.1 Å². The van der Waals surface area contributed by atoms with Crippen LogP contribution in [-0.4, -0.2) is 11.0 Å². The van der Waals surface area contributed by atoms with Gasteiger partial charge >= 0.3 is 0 Å². The summed E-state index contributed by atoms with van der Waals surface area (Å²) in [5.74, 6) is 0.937. The van der Waals surface area contributed by atoms with Crippen LogP contribution in [0.2, 0.25) is 0 Å². The number of aromatic nitrogens is 1. The number of rotatable bonds is 5. The molecule has 1 aromatic carbocycles. The molecule has 3 N–H and O–H groups in total. The van der Waals surface area contributed by atoms with Crippen molar-refractivity contribution in [2.24, 2.45) is 5.92 Å². The fourth-order valence-electron chi connectivity index (χ4n) is 2.80. The summed E-state index contributed by atoms with van der Waals surface area (Å²) in [6.07, 6.45) is 5.24. The Morgan fingerprint density at radius 2 is 2.15 bits per heavy atom. The van der Waals surface area contributed by atoms with Gasteiger partial charge in [-0.3, -0.25) is 4.98 Å². The molecule has 1 aromatic heterocycles. The number of anilines is 2. The van der Waals surface area contributed by atoms with Crippen molar-refractivity contribution in [3.05, 3.63) is 30.0 Å². The second kappa shape index (κ2) is 5.31. The van der Waals surface area contributed by atoms with Crippen LogP contribution in [0.1, 0.15) is 38.3 Å². The molecule has 0 amide bonds. The second-order valence-electron chi connectivity index (χ2n) is 6.02. The summed E-state index contributed by atoms with van der Waals surface area (Å²) in [4.78, 5) is 4.59. The van der Waals surface area contributed by atoms with Crippen molar-refractivity contribution in [3.8, 4) is 0 Å². The summed E-state index contributed by atoms with van der Waals surface area (Å²) in [6, 6.07) is 8.63. The largest absolute Gasteiger partial charge is 0.399 e. The molecule has 0 radical (unpaired) electrons. The Kier molecular flexibility index (Phi) is 3.51. The Morgan fingerprint density at radius 3 is 2.85 bits per heavy atom. The topological polar surface area (TPSA) is 50.9 Å². The van der Waals surface area contributed by atoms with Gasteiger partial charge in [-0.1, -0.05) is 19.8 Å². The lowest BCUT2D eigenvalue weighted by molar-refractivity contribution is 0.587. The van der Waals surface area contributed by atoms with Gasteiger partial charge in [0.1, 0.15) is 0 Å². The first kappa shape index (κ1) is 13.2. The van der Waals surface area contributed by atoms with Gasteiger partial charge in [0.15, 0.2) is 0 Å². The van der Waals surface area contributed by atoms with Crippen LogP contribution in [0.5, 0.6) is 0 Å². The Balaban J connectivity index is 1.93. The van der Waals surface area contributed by atoms with E-state index in [2.05, 4.69) is 23.3 Å². The average Bonchev–Trinajstić information content (AvgIpc) is 3.22. The van der Waals surface area contributed by atoms with Gasteiger partial charge in [-0.15, -0.1) is 0 Å². The van der Waals surface area contributed by atoms with Crippen molar-refractivity contribution in [1.82, 2.24) is 4.98 Å². The van der Waals surface area contributed by atoms with E-state index in [1.807, 2.05) is 25.1 Å². The first-order valence-corrected chi connectivity index (χ1v) is 7.59. The molecule has 1 aliphatic rings. The molecule has 0 spiro atoms. The molecule has 0 bridgehead atoms. The standard InChI is InChI=1S/C17H23N3/c1-3-14(9-12-4-5-12)20-17-8-11(2)19-16-7-6-13(18)10-15(16)17/h6-8,10,12,14H,3-5,9,18H2,1-2H3,(H,19,20). The molecule has 3 rings (SSSR count). The van der Waals surface area contributed by atoms with E-state index in [0.717, 1.165) is 34.6 Å². The highest BCUT2D eigenvalue weighted by Gasteiger charge is 2.24. The molecule has 3 heteroatoms. The van der Waals surface area contributed by atoms with Crippen LogP contribution >= 0.6 is 0 Å². The predicted octanol–water partition coefficient (Wildman–Crippen LogP) is 4.12. The molecule has 1 unspecified atom stereocenters. The van der Waals surface area contributed by atoms with Gasteiger partial charge in [0.05, 0.1) is 5.52 Å². The van der Waals surface area contributed by atoms with Crippen molar-refractivity contribution in [3.63, 3.8) is 0 Å². The summed E-state index contributed by atoms with van der Waals surface area (Å²) >= 11 is 0. The van der Waals surface area contributed by atoms with E-state index in [-0.39, 0.29) is 0 Å². The maximum absolute atomic E-state index is 5.93. The first-order chi connectivity index (χ1) is 9.65. The zero-order chi connectivity index (χ0) is 14.1. The van der Waals surface area contributed by atoms with Crippen LogP contribution < -0.4 is 11.1 Å². The Hall–Kier alpha value is -1.77. The monoisotopic (exact) mass is 269 g/mol. The molecule has 1 fully saturated rings. The molecular weight excluding hydrogens is 246 g/mol. The van der Waals surface area contributed by atoms with E-state index in [1.54, 1.807) is 0 Å². The third-order valence-corrected chi connectivity index (χ3v) is 4.13. The van der Waals surface area contributed by atoms with E-state index in [4.69, 9.17) is 5.73 Å². The normalized spacial score (nSPS) is 16.3. The minimum absolute atomic E-state index is 0.550. The van der Waals surface area contributed by atoms with Gasteiger partial charge in [-0.25, -0.2) is 0 Å². The van der Waals surface area contributed by atoms with Crippen LogP contribution in [0.25, 0.3) is 10.9 Å². The average molecular weight is 269 g/mol. The molecule has 1 atom stereocenters. The van der Waals surface area contributed by atoms with E-state index in [1.165, 1.54) is 24.9 Å². The molecule has 1 saturated carbocycles. The summed E-state index contributed by atoms with van der Waals surface area (Å²) in [7, 11) is 0. The first-order valence-electron chi connectivity index (χ1n) is 7.59. The number of nitrogen functional groups attached to an aromatic ring is 1. The minimum atomic E-state index is 0.550. The van der Waals surface area contributed by atoms with Crippen LogP contribution in [0.3, 0.4) is 0 Å². The highest BCUT2D eigenvalue weighted by Crippen LogP contribution is 2.35. The summed E-state index contributed by atoms with van der Waals surface area (Å²) in [5.41, 5.74) is 9.96. The smallest absolute Gasteiger partial charge is 0.0727 e. The lowest BCUT2D eigenvalue weighted by atomic mass is 10.1. The quantitative estimate of drug-likeness (QED) is 0.803. The highest BCUT2D eigenvalue weighted by atomic mass is 14.9. The van der Waals surface area contributed by atoms with Crippen LogP contribution in [0.4, 0.5) is 11.4 Å². The molecule has 1 heterocycles. The number of pyridine rings is 1. The third kappa shape index (κ3) is 2.87. The Morgan fingerprint density at radius 1 is 1.35 bits per heavy atom. The zero-order valence-corrected chi connectivity index (χ0v) is 12.3. The van der Waals surface area contributed by atoms with Crippen LogP contribution in [-0.2, 0) is 0 Å². The third-order valence-electron chi connectivity index (χ3n) is 4.13. The Bertz CT molecular complexity index is 617. The van der Waals surface area contributed by atoms with E-state index in [9.17, 15) is 0 Å². The van der Waals surface area contributed by atoms with E-state index >= 15 is 0 Å². The lowest BCUT2D eigenvalue weighted by Gasteiger charge is -2.20. The van der Waals surface area contributed by atoms with E-state index < -0.39 is 0 Å². The molecule has 106 valence electrons. The number of aryl methyl sites for hydroxylation is 1. The van der Waals surface area contributed by atoms with Crippen LogP contribution in [0.15, 0.2) is 24.3 Å². The predicted molar refractivity (Wildman–Crippen MR) is 85.9 cm³/mol. The summed E-state index contributed by atoms with van der Waals surface area (Å²) < 4.78 is 0. The fourth-order valence-corrected chi connectivity index (χ4v) is 2.80. The number of hydrogen-bond donors (Lipinski definition) is 2. The maximum atomic E-state index is 5.93. The maximum Gasteiger partial charge on any atom is 0.0727 e. The summed E-state index contributed by atoms with van der Waals surface area (Å²) in [5, 5.41) is 4.84. The number of nitrogens with one attached hydrogen (secondary N) is 1. The van der Waals surface area contributed by atoms with Gasteiger partial charge in [-0.05, 0) is 49.9 Å². The fraction of sp³-hybridized carbons (Fsp3) is 0.471. The van der Waals surface area contributed by atoms with Crippen molar-refractivity contribution >= 4 is 22.3 Å². The molecule has 2 aromatic rings. The SMILES string of the molecule is CCC(CC1CC1)Nc1cc(C)nc2ccc(N)cc12. The van der Waals surface area contributed by atoms with Crippen molar-refractivity contribution in [2.45, 2.75) is 45.6 Å². The van der Waals surface area contributed by atoms with Gasteiger partial charge < -0.3 is 11.1 Å². The van der Waals surface area contributed by atoms with Gasteiger partial charge in [-0.2, -0.15) is 0 Å². The number of benzene rings is 1. The second-order valence-corrected chi connectivity index (χ2v) is 6.02. The van der Waals surface area contributed by atoms with Gasteiger partial charge in [0.2, 0.25) is 0 Å². The van der Waals surface area contributed by atoms with Crippen molar-refractivity contribution in [1.29, 1.82) is 0 Å². The Labute approximate surface area is 120 Å². The van der Waals surface area contributed by atoms with Gasteiger partial charge in [0, 0.05) is 28.5 Å². The number of nitrogens with zero attached hydrogens (tertiary/aromatic N) is 1. The van der Waals surface area contributed by atoms with Crippen LogP contribution in [0, 0.1) is 12.8 Å². The molecular formula is C17H23N3. The minimum Gasteiger partial charge on any atom is -0.399 e. The van der Waals surface area contributed by atoms with E-state index in [0.29, 0.717) is 6.04 Å². The lowest BCUT2D eigenvalue weighted by Crippen LogP contribution is -2.19. The molecule has 0 saturated heterocycles. The van der Waals surface area contributed by atoms with Crippen molar-refractivity contribution < 1.29 is 0 Å². The number of nitrogens with two attached hydrogens (primary N) is 1. The molecule has 20 heavy (non-hydrogen) atoms. The van der Waals surface area contributed by atoms with Gasteiger partial charge in [0.25, 0.3) is 0 Å². The molecule has 0 aliphatic heterocycles. The zero-order valence-electron chi connectivity index (χ0n) is 12.3.